The van der Waals surface area contributed by atoms with Crippen molar-refractivity contribution in [2.24, 2.45) is 0 Å². The lowest BCUT2D eigenvalue weighted by Crippen LogP contribution is -2.17. The van der Waals surface area contributed by atoms with E-state index in [0.29, 0.717) is 11.1 Å². The van der Waals surface area contributed by atoms with Crippen molar-refractivity contribution in [3.8, 4) is 44.5 Å². The number of hydrogen-bond donors (Lipinski definition) is 0. The van der Waals surface area contributed by atoms with Crippen LogP contribution in [0.5, 0.6) is 0 Å². The van der Waals surface area contributed by atoms with Crippen molar-refractivity contribution in [1.82, 2.24) is 0 Å². The summed E-state index contributed by atoms with van der Waals surface area (Å²) in [5.41, 5.74) is 16.2. The Kier molecular flexibility index (Phi) is 11.0. The normalized spacial score (nSPS) is 13.5. The first-order valence-electron chi connectivity index (χ1n) is 29.0. The molecule has 0 aliphatic heterocycles. The highest BCUT2D eigenvalue weighted by Gasteiger charge is 2.43. The van der Waals surface area contributed by atoms with Gasteiger partial charge in [-0.25, -0.2) is 8.78 Å². The molecule has 0 fully saturated rings. The average molecular weight is 1080 g/mol. The molecule has 0 saturated heterocycles. The van der Waals surface area contributed by atoms with E-state index in [4.69, 9.17) is 0 Å². The van der Waals surface area contributed by atoms with Gasteiger partial charge in [0.15, 0.2) is 0 Å². The molecule has 0 heterocycles. The molecule has 0 aromatic heterocycles. The minimum atomic E-state index is -0.583. The van der Waals surface area contributed by atoms with Crippen LogP contribution in [0.15, 0.2) is 267 Å². The molecule has 14 aromatic rings. The molecular weight excluding hydrogens is 1030 g/mol. The smallest absolute Gasteiger partial charge is 0.131 e. The van der Waals surface area contributed by atoms with Crippen LogP contribution in [-0.4, -0.2) is 0 Å². The van der Waals surface area contributed by atoms with Crippen LogP contribution in [0.3, 0.4) is 0 Å². The fraction of sp³-hybridized carbons (Fsp3) is 0.0750. The number of halogens is 2. The van der Waals surface area contributed by atoms with Gasteiger partial charge in [0, 0.05) is 67.2 Å². The Labute approximate surface area is 487 Å². The standard InChI is InChI=1S/C80H56F2N2/c1-79(2)69-45-61(83(57-33-29-49-17-5-9-21-53(49)41-57)58-34-30-50-18-6-10-22-54(50)42-58)37-39-63(69)77-71(79)47-67-68(75(77)65-25-13-15-27-73(65)81)48-72-78(76(67)66-26-14-16-28-74(66)82)64-40-38-62(46-70(64)80(72,3)4)84(59-35-31-51-19-7-11-23-55(51)43-59)60-36-32-52-20-8-12-24-56(52)44-60/h5-48H,1-4H3. The molecule has 400 valence electrons. The molecule has 0 atom stereocenters. The predicted octanol–water partition coefficient (Wildman–Crippen LogP) is 22.6. The maximum Gasteiger partial charge on any atom is 0.131 e. The van der Waals surface area contributed by atoms with E-state index in [1.54, 1.807) is 24.3 Å². The highest BCUT2D eigenvalue weighted by atomic mass is 19.1. The first-order chi connectivity index (χ1) is 41.0. The second-order valence-electron chi connectivity index (χ2n) is 23.9. The van der Waals surface area contributed by atoms with Crippen molar-refractivity contribution in [3.63, 3.8) is 0 Å². The number of benzene rings is 14. The van der Waals surface area contributed by atoms with E-state index >= 15 is 8.78 Å². The molecule has 0 N–H and O–H groups in total. The first kappa shape index (κ1) is 49.6. The van der Waals surface area contributed by atoms with Gasteiger partial charge in [0.2, 0.25) is 0 Å². The van der Waals surface area contributed by atoms with Crippen molar-refractivity contribution in [3.05, 3.63) is 301 Å². The average Bonchev–Trinajstić information content (AvgIpc) is 1.53. The molecule has 0 bridgehead atoms. The van der Waals surface area contributed by atoms with Gasteiger partial charge in [-0.2, -0.15) is 0 Å². The topological polar surface area (TPSA) is 6.48 Å². The molecule has 0 unspecified atom stereocenters. The van der Waals surface area contributed by atoms with E-state index in [2.05, 4.69) is 256 Å². The maximum atomic E-state index is 17.2. The van der Waals surface area contributed by atoms with Crippen LogP contribution in [-0.2, 0) is 10.8 Å². The van der Waals surface area contributed by atoms with Crippen molar-refractivity contribution < 1.29 is 8.78 Å². The Hall–Kier alpha value is -10.2. The number of nitrogens with zero attached hydrogens (tertiary/aromatic N) is 2. The van der Waals surface area contributed by atoms with Crippen molar-refractivity contribution in [2.45, 2.75) is 38.5 Å². The minimum absolute atomic E-state index is 0.309. The van der Waals surface area contributed by atoms with Crippen LogP contribution in [0.25, 0.3) is 98.4 Å². The number of hydrogen-bond acceptors (Lipinski definition) is 2. The Balaban J connectivity index is 0.929. The molecule has 0 amide bonds. The van der Waals surface area contributed by atoms with Gasteiger partial charge in [0.25, 0.3) is 0 Å². The predicted molar refractivity (Wildman–Crippen MR) is 349 cm³/mol. The second kappa shape index (κ2) is 18.7. The van der Waals surface area contributed by atoms with Crippen LogP contribution >= 0.6 is 0 Å². The van der Waals surface area contributed by atoms with E-state index in [-0.39, 0.29) is 11.6 Å². The van der Waals surface area contributed by atoms with Crippen LogP contribution < -0.4 is 9.80 Å². The molecule has 4 heteroatoms. The molecule has 0 spiro atoms. The lowest BCUT2D eigenvalue weighted by Gasteiger charge is -2.29. The summed E-state index contributed by atoms with van der Waals surface area (Å²) in [7, 11) is 0. The third-order valence-electron chi connectivity index (χ3n) is 18.5. The monoisotopic (exact) mass is 1080 g/mol. The summed E-state index contributed by atoms with van der Waals surface area (Å²) >= 11 is 0. The quantitative estimate of drug-likeness (QED) is 0.150. The first-order valence-corrected chi connectivity index (χ1v) is 29.0. The van der Waals surface area contributed by atoms with Crippen LogP contribution in [0.1, 0.15) is 49.9 Å². The summed E-state index contributed by atoms with van der Waals surface area (Å²) in [5.74, 6) is -0.618. The van der Waals surface area contributed by atoms with Crippen molar-refractivity contribution >= 4 is 88.0 Å². The molecule has 2 nitrogen and oxygen atoms in total. The number of rotatable bonds is 8. The van der Waals surface area contributed by atoms with Crippen molar-refractivity contribution in [1.29, 1.82) is 0 Å². The molecule has 0 radical (unpaired) electrons. The van der Waals surface area contributed by atoms with E-state index < -0.39 is 10.8 Å². The van der Waals surface area contributed by atoms with Gasteiger partial charge in [-0.1, -0.05) is 198 Å². The maximum absolute atomic E-state index is 17.2. The van der Waals surface area contributed by atoms with E-state index in [9.17, 15) is 0 Å². The van der Waals surface area contributed by atoms with Gasteiger partial charge in [0.1, 0.15) is 11.6 Å². The van der Waals surface area contributed by atoms with Gasteiger partial charge in [0.05, 0.1) is 0 Å². The van der Waals surface area contributed by atoms with Gasteiger partial charge < -0.3 is 9.80 Å². The van der Waals surface area contributed by atoms with Gasteiger partial charge in [-0.05, 0) is 195 Å². The Bertz CT molecular complexity index is 4610. The summed E-state index contributed by atoms with van der Waals surface area (Å²) in [5, 5.41) is 11.1. The van der Waals surface area contributed by atoms with Crippen molar-refractivity contribution in [2.75, 3.05) is 9.80 Å². The number of fused-ring (bicyclic) bond motifs is 11. The molecule has 0 saturated carbocycles. The van der Waals surface area contributed by atoms with Gasteiger partial charge in [-0.3, -0.25) is 0 Å². The zero-order valence-electron chi connectivity index (χ0n) is 47.1. The fourth-order valence-corrected chi connectivity index (χ4v) is 14.2. The Morgan fingerprint density at radius 2 is 0.512 bits per heavy atom. The molecule has 2 aliphatic carbocycles. The van der Waals surface area contributed by atoms with Gasteiger partial charge >= 0.3 is 0 Å². The summed E-state index contributed by atoms with van der Waals surface area (Å²) in [6, 6.07) is 93.5. The van der Waals surface area contributed by atoms with E-state index in [1.165, 1.54) is 21.5 Å². The Morgan fingerprint density at radius 3 is 0.833 bits per heavy atom. The largest absolute Gasteiger partial charge is 0.310 e. The molecule has 84 heavy (non-hydrogen) atoms. The summed E-state index contributed by atoms with van der Waals surface area (Å²) in [4.78, 5) is 4.72. The third-order valence-corrected chi connectivity index (χ3v) is 18.5. The van der Waals surface area contributed by atoms with Gasteiger partial charge in [-0.15, -0.1) is 0 Å². The second-order valence-corrected chi connectivity index (χ2v) is 23.9. The fourth-order valence-electron chi connectivity index (χ4n) is 14.2. The molecule has 16 rings (SSSR count). The Morgan fingerprint density at radius 1 is 0.238 bits per heavy atom. The van der Waals surface area contributed by atoms with Crippen LogP contribution in [0.2, 0.25) is 0 Å². The zero-order chi connectivity index (χ0) is 56.6. The third kappa shape index (κ3) is 7.60. The molecule has 2 aliphatic rings. The van der Waals surface area contributed by atoms with Crippen LogP contribution in [0, 0.1) is 11.6 Å². The summed E-state index contributed by atoms with van der Waals surface area (Å²) < 4.78 is 34.5. The van der Waals surface area contributed by atoms with E-state index in [0.717, 1.165) is 122 Å². The minimum Gasteiger partial charge on any atom is -0.310 e. The summed E-state index contributed by atoms with van der Waals surface area (Å²) in [6.07, 6.45) is 0. The number of anilines is 6. The molecule has 14 aromatic carbocycles. The van der Waals surface area contributed by atoms with E-state index in [1.807, 2.05) is 24.3 Å². The highest BCUT2D eigenvalue weighted by Crippen LogP contribution is 2.61. The molecular formula is C80H56F2N2. The SMILES string of the molecule is CC1(C)c2cc(N(c3ccc4ccccc4c3)c3ccc4ccccc4c3)ccc2-c2c1cc1c(-c3ccccc3F)c3c(cc1c2-c1ccccc1F)C(C)(C)c1cc(N(c2ccc4ccccc4c2)c2ccc4ccccc4c2)ccc1-3. The lowest BCUT2D eigenvalue weighted by atomic mass is 9.76. The summed E-state index contributed by atoms with van der Waals surface area (Å²) in [6.45, 7) is 9.17. The lowest BCUT2D eigenvalue weighted by molar-refractivity contribution is 0.630. The van der Waals surface area contributed by atoms with Crippen LogP contribution in [0.4, 0.5) is 42.9 Å². The zero-order valence-corrected chi connectivity index (χ0v) is 47.1. The highest BCUT2D eigenvalue weighted by molar-refractivity contribution is 6.17.